The van der Waals surface area contributed by atoms with Gasteiger partial charge in [0.15, 0.2) is 0 Å². The van der Waals surface area contributed by atoms with Crippen molar-refractivity contribution in [3.05, 3.63) is 58.0 Å². The molecule has 0 radical (unpaired) electrons. The van der Waals surface area contributed by atoms with Crippen molar-refractivity contribution in [3.63, 3.8) is 0 Å². The summed E-state index contributed by atoms with van der Waals surface area (Å²) in [5.41, 5.74) is 1.47. The van der Waals surface area contributed by atoms with Crippen molar-refractivity contribution in [1.82, 2.24) is 0 Å². The van der Waals surface area contributed by atoms with E-state index in [9.17, 15) is 10.1 Å². The molecule has 86 valence electrons. The Balaban J connectivity index is 2.31. The molecule has 1 aromatic heterocycles. The lowest BCUT2D eigenvalue weighted by Gasteiger charge is -1.98. The van der Waals surface area contributed by atoms with Gasteiger partial charge in [-0.2, -0.15) is 0 Å². The number of non-ortho nitro benzene ring substituents is 1. The van der Waals surface area contributed by atoms with Crippen LogP contribution < -0.4 is 0 Å². The number of nitro groups is 1. The largest absolute Gasteiger partial charge is 0.463 e. The van der Waals surface area contributed by atoms with E-state index < -0.39 is 4.92 Å². The summed E-state index contributed by atoms with van der Waals surface area (Å²) in [7, 11) is 0. The Morgan fingerprint density at radius 2 is 2.24 bits per heavy atom. The number of nitro benzene ring substituents is 1. The first-order valence-electron chi connectivity index (χ1n) is 4.99. The fourth-order valence-electron chi connectivity index (χ4n) is 1.35. The molecule has 5 nitrogen and oxygen atoms in total. The van der Waals surface area contributed by atoms with Gasteiger partial charge in [-0.15, -0.1) is 0 Å². The van der Waals surface area contributed by atoms with Crippen molar-refractivity contribution in [2.24, 2.45) is 4.99 Å². The summed E-state index contributed by atoms with van der Waals surface area (Å²) in [5.74, 6) is 0.607. The van der Waals surface area contributed by atoms with Crippen LogP contribution in [-0.2, 0) is 0 Å². The van der Waals surface area contributed by atoms with Crippen molar-refractivity contribution in [2.75, 3.05) is 0 Å². The number of rotatable bonds is 3. The van der Waals surface area contributed by atoms with Gasteiger partial charge in [0, 0.05) is 12.1 Å². The first-order chi connectivity index (χ1) is 8.16. The number of nitrogens with zero attached hydrogens (tertiary/aromatic N) is 2. The van der Waals surface area contributed by atoms with Crippen molar-refractivity contribution >= 4 is 17.6 Å². The van der Waals surface area contributed by atoms with Gasteiger partial charge in [0.05, 0.1) is 23.1 Å². The predicted molar refractivity (Wildman–Crippen MR) is 63.8 cm³/mol. The Hall–Kier alpha value is -2.43. The van der Waals surface area contributed by atoms with Crippen LogP contribution >= 0.6 is 0 Å². The number of furan rings is 1. The maximum Gasteiger partial charge on any atom is 0.271 e. The third-order valence-corrected chi connectivity index (χ3v) is 2.28. The zero-order valence-electron chi connectivity index (χ0n) is 9.16. The molecule has 0 bridgehead atoms. The maximum atomic E-state index is 10.6. The summed E-state index contributed by atoms with van der Waals surface area (Å²) in [4.78, 5) is 14.4. The second-order valence-corrected chi connectivity index (χ2v) is 3.50. The second kappa shape index (κ2) is 4.61. The lowest BCUT2D eigenvalue weighted by Crippen LogP contribution is -1.88. The highest BCUT2D eigenvalue weighted by molar-refractivity contribution is 5.79. The minimum absolute atomic E-state index is 0.0298. The van der Waals surface area contributed by atoms with E-state index in [0.717, 1.165) is 5.56 Å². The molecule has 1 heterocycles. The third-order valence-electron chi connectivity index (χ3n) is 2.28. The van der Waals surface area contributed by atoms with Gasteiger partial charge in [0.25, 0.3) is 5.69 Å². The number of aryl methyl sites for hydroxylation is 1. The lowest BCUT2D eigenvalue weighted by atomic mass is 10.2. The van der Waals surface area contributed by atoms with E-state index in [2.05, 4.69) is 4.99 Å². The van der Waals surface area contributed by atoms with Gasteiger partial charge >= 0.3 is 0 Å². The monoisotopic (exact) mass is 230 g/mol. The third kappa shape index (κ3) is 2.57. The van der Waals surface area contributed by atoms with Crippen molar-refractivity contribution < 1.29 is 9.34 Å². The summed E-state index contributed by atoms with van der Waals surface area (Å²) in [6.45, 7) is 1.85. The molecule has 0 N–H and O–H groups in total. The summed E-state index contributed by atoms with van der Waals surface area (Å²) >= 11 is 0. The van der Waals surface area contributed by atoms with Gasteiger partial charge in [0.1, 0.15) is 5.76 Å². The molecule has 2 rings (SSSR count). The van der Waals surface area contributed by atoms with Crippen LogP contribution in [0, 0.1) is 17.0 Å². The average Bonchev–Trinajstić information content (AvgIpc) is 2.80. The van der Waals surface area contributed by atoms with Gasteiger partial charge < -0.3 is 4.42 Å². The van der Waals surface area contributed by atoms with E-state index in [1.54, 1.807) is 24.5 Å². The molecule has 0 saturated heterocycles. The maximum absolute atomic E-state index is 10.6. The Kier molecular flexibility index (Phi) is 3.00. The molecule has 0 spiro atoms. The van der Waals surface area contributed by atoms with Gasteiger partial charge in [-0.25, -0.2) is 0 Å². The molecule has 0 aliphatic carbocycles. The zero-order valence-corrected chi connectivity index (χ0v) is 9.16. The molecule has 0 atom stereocenters. The minimum Gasteiger partial charge on any atom is -0.463 e. The number of benzene rings is 1. The van der Waals surface area contributed by atoms with Crippen molar-refractivity contribution in [2.45, 2.75) is 6.92 Å². The Labute approximate surface area is 97.6 Å². The molecule has 0 unspecified atom stereocenters. The van der Waals surface area contributed by atoms with Gasteiger partial charge in [-0.1, -0.05) is 6.07 Å². The van der Waals surface area contributed by atoms with Crippen LogP contribution in [0.4, 0.5) is 11.4 Å². The molecular formula is C12H10N2O3. The van der Waals surface area contributed by atoms with E-state index in [1.165, 1.54) is 18.3 Å². The fraction of sp³-hybridized carbons (Fsp3) is 0.0833. The van der Waals surface area contributed by atoms with Crippen molar-refractivity contribution in [1.29, 1.82) is 0 Å². The zero-order chi connectivity index (χ0) is 12.3. The SMILES string of the molecule is Cc1ccc([N+](=O)[O-])cc1N=Cc1ccco1. The molecule has 17 heavy (non-hydrogen) atoms. The molecule has 0 amide bonds. The molecule has 0 fully saturated rings. The van der Waals surface area contributed by atoms with E-state index in [1.807, 2.05) is 6.92 Å². The fourth-order valence-corrected chi connectivity index (χ4v) is 1.35. The first-order valence-corrected chi connectivity index (χ1v) is 4.99. The van der Waals surface area contributed by atoms with Gasteiger partial charge in [0.2, 0.25) is 0 Å². The highest BCUT2D eigenvalue weighted by Gasteiger charge is 2.07. The highest BCUT2D eigenvalue weighted by Crippen LogP contribution is 2.24. The molecule has 2 aromatic rings. The second-order valence-electron chi connectivity index (χ2n) is 3.50. The number of hydrogen-bond donors (Lipinski definition) is 0. The van der Waals surface area contributed by atoms with Crippen LogP contribution in [0.2, 0.25) is 0 Å². The molecular weight excluding hydrogens is 220 g/mol. The van der Waals surface area contributed by atoms with E-state index in [-0.39, 0.29) is 5.69 Å². The summed E-state index contributed by atoms with van der Waals surface area (Å²) in [6, 6.07) is 8.08. The summed E-state index contributed by atoms with van der Waals surface area (Å²) in [5, 5.41) is 10.6. The smallest absolute Gasteiger partial charge is 0.271 e. The van der Waals surface area contributed by atoms with Crippen LogP contribution in [0.1, 0.15) is 11.3 Å². The van der Waals surface area contributed by atoms with E-state index in [0.29, 0.717) is 11.4 Å². The average molecular weight is 230 g/mol. The Bertz CT molecular complexity index is 559. The molecule has 5 heteroatoms. The van der Waals surface area contributed by atoms with Crippen LogP contribution in [0.3, 0.4) is 0 Å². The number of hydrogen-bond acceptors (Lipinski definition) is 4. The topological polar surface area (TPSA) is 68.6 Å². The van der Waals surface area contributed by atoms with Crippen molar-refractivity contribution in [3.8, 4) is 0 Å². The van der Waals surface area contributed by atoms with Crippen LogP contribution in [0.5, 0.6) is 0 Å². The minimum atomic E-state index is -0.439. The quantitative estimate of drug-likeness (QED) is 0.461. The van der Waals surface area contributed by atoms with Crippen LogP contribution in [0.25, 0.3) is 0 Å². The molecule has 0 saturated carbocycles. The highest BCUT2D eigenvalue weighted by atomic mass is 16.6. The van der Waals surface area contributed by atoms with Gasteiger partial charge in [-0.3, -0.25) is 15.1 Å². The lowest BCUT2D eigenvalue weighted by molar-refractivity contribution is -0.384. The Morgan fingerprint density at radius 3 is 2.88 bits per heavy atom. The van der Waals surface area contributed by atoms with Gasteiger partial charge in [-0.05, 0) is 24.6 Å². The van der Waals surface area contributed by atoms with E-state index >= 15 is 0 Å². The number of aliphatic imine (C=N–C) groups is 1. The summed E-state index contributed by atoms with van der Waals surface area (Å²) in [6.07, 6.45) is 3.08. The molecule has 0 aliphatic heterocycles. The van der Waals surface area contributed by atoms with Crippen LogP contribution in [-0.4, -0.2) is 11.1 Å². The summed E-state index contributed by atoms with van der Waals surface area (Å²) < 4.78 is 5.09. The van der Waals surface area contributed by atoms with Crippen LogP contribution in [0.15, 0.2) is 46.0 Å². The standard InChI is InChI=1S/C12H10N2O3/c1-9-4-5-10(14(15)16)7-12(9)13-8-11-3-2-6-17-11/h2-8H,1H3. The van der Waals surface area contributed by atoms with E-state index in [4.69, 9.17) is 4.42 Å². The predicted octanol–water partition coefficient (Wildman–Crippen LogP) is 3.25. The Morgan fingerprint density at radius 1 is 1.41 bits per heavy atom. The molecule has 0 aliphatic rings. The normalized spacial score (nSPS) is 10.9. The first kappa shape index (κ1) is 11.1. The molecule has 1 aromatic carbocycles.